The fourth-order valence-electron chi connectivity index (χ4n) is 7.70. The molecule has 0 aliphatic heterocycles. The molecule has 414 valence electrons. The molecule has 9 nitrogen and oxygen atoms in total. The summed E-state index contributed by atoms with van der Waals surface area (Å²) in [5.74, 6) is -0.842. The van der Waals surface area contributed by atoms with E-state index in [2.05, 4.69) is 111 Å². The minimum Gasteiger partial charge on any atom is -0.756 e. The molecule has 10 heteroatoms. The van der Waals surface area contributed by atoms with Gasteiger partial charge < -0.3 is 27.9 Å². The van der Waals surface area contributed by atoms with Crippen molar-refractivity contribution in [2.24, 2.45) is 0 Å². The van der Waals surface area contributed by atoms with Gasteiger partial charge in [0.25, 0.3) is 7.82 Å². The van der Waals surface area contributed by atoms with Gasteiger partial charge in [-0.05, 0) is 89.9 Å². The molecule has 0 aromatic heterocycles. The Morgan fingerprint density at radius 3 is 1.11 bits per heavy atom. The van der Waals surface area contributed by atoms with Crippen LogP contribution >= 0.6 is 7.82 Å². The second kappa shape index (κ2) is 52.8. The van der Waals surface area contributed by atoms with Crippen molar-refractivity contribution in [2.75, 3.05) is 47.5 Å². The molecule has 72 heavy (non-hydrogen) atoms. The van der Waals surface area contributed by atoms with Gasteiger partial charge in [-0.3, -0.25) is 14.2 Å². The fraction of sp³-hybridized carbons (Fsp3) is 0.710. The third-order valence-electron chi connectivity index (χ3n) is 12.1. The average Bonchev–Trinajstić information content (AvgIpc) is 3.34. The van der Waals surface area contributed by atoms with E-state index in [-0.39, 0.29) is 32.0 Å². The molecule has 0 heterocycles. The van der Waals surface area contributed by atoms with E-state index in [1.54, 1.807) is 0 Å². The van der Waals surface area contributed by atoms with E-state index in [4.69, 9.17) is 18.5 Å². The Bertz CT molecular complexity index is 1540. The molecule has 0 aliphatic carbocycles. The van der Waals surface area contributed by atoms with Crippen LogP contribution in [0.3, 0.4) is 0 Å². The van der Waals surface area contributed by atoms with Crippen molar-refractivity contribution >= 4 is 19.8 Å². The van der Waals surface area contributed by atoms with E-state index < -0.39 is 26.5 Å². The van der Waals surface area contributed by atoms with Crippen LogP contribution in [0.5, 0.6) is 0 Å². The molecule has 0 spiro atoms. The van der Waals surface area contributed by atoms with Crippen LogP contribution in [0, 0.1) is 0 Å². The highest BCUT2D eigenvalue weighted by atomic mass is 31.2. The summed E-state index contributed by atoms with van der Waals surface area (Å²) >= 11 is 0. The number of phosphoric acid groups is 1. The van der Waals surface area contributed by atoms with Crippen LogP contribution in [-0.2, 0) is 32.7 Å². The predicted molar refractivity (Wildman–Crippen MR) is 305 cm³/mol. The quantitative estimate of drug-likeness (QED) is 0.0195. The lowest BCUT2D eigenvalue weighted by Crippen LogP contribution is -2.37. The standard InChI is InChI=1S/C62H108NO8P/c1-6-8-10-12-14-16-18-20-22-24-26-28-30-31-33-35-37-39-41-43-45-47-49-51-53-55-62(65)71-60(59-70-72(66,67)69-57-56-63(3,4)5)58-68-61(64)54-52-50-48-46-44-42-40-38-36-34-32-29-27-25-23-21-19-17-15-13-11-9-7-2/h8-11,14-17,20-23,26-29,60H,6-7,12-13,18-19,24-25,30-59H2,1-5H3/b10-8-,11-9-,16-14-,17-15-,22-20-,23-21-,28-26-,29-27-. The number of likely N-dealkylation sites (N-methyl/N-ethyl adjacent to an activating group) is 1. The summed E-state index contributed by atoms with van der Waals surface area (Å²) in [5.41, 5.74) is 0. The van der Waals surface area contributed by atoms with Crippen molar-refractivity contribution < 1.29 is 42.1 Å². The summed E-state index contributed by atoms with van der Waals surface area (Å²) in [5, 5.41) is 0. The number of nitrogens with zero attached hydrogens (tertiary/aromatic N) is 1. The maximum absolute atomic E-state index is 12.8. The lowest BCUT2D eigenvalue weighted by atomic mass is 10.0. The number of allylic oxidation sites excluding steroid dienone is 16. The topological polar surface area (TPSA) is 111 Å². The molecule has 0 aliphatic rings. The number of unbranched alkanes of at least 4 members (excludes halogenated alkanes) is 22. The maximum Gasteiger partial charge on any atom is 0.306 e. The van der Waals surface area contributed by atoms with E-state index in [0.717, 1.165) is 103 Å². The first-order valence-corrected chi connectivity index (χ1v) is 30.4. The Hall–Kier alpha value is -3.07. The summed E-state index contributed by atoms with van der Waals surface area (Å²) < 4.78 is 34.2. The largest absolute Gasteiger partial charge is 0.756 e. The molecular weight excluding hydrogens is 918 g/mol. The van der Waals surface area contributed by atoms with Gasteiger partial charge in [0, 0.05) is 12.8 Å². The van der Waals surface area contributed by atoms with Crippen molar-refractivity contribution in [2.45, 2.75) is 238 Å². The van der Waals surface area contributed by atoms with Gasteiger partial charge in [-0.25, -0.2) is 0 Å². The predicted octanol–water partition coefficient (Wildman–Crippen LogP) is 17.4. The van der Waals surface area contributed by atoms with Crippen LogP contribution < -0.4 is 4.89 Å². The molecule has 2 atom stereocenters. The number of hydrogen-bond acceptors (Lipinski definition) is 8. The van der Waals surface area contributed by atoms with E-state index in [1.165, 1.54) is 96.3 Å². The zero-order valence-electron chi connectivity index (χ0n) is 46.8. The van der Waals surface area contributed by atoms with E-state index in [9.17, 15) is 19.0 Å². The van der Waals surface area contributed by atoms with Gasteiger partial charge in [0.1, 0.15) is 19.8 Å². The Balaban J connectivity index is 4.19. The normalized spacial score (nSPS) is 14.0. The van der Waals surface area contributed by atoms with Crippen LogP contribution in [-0.4, -0.2) is 70.0 Å². The van der Waals surface area contributed by atoms with Crippen molar-refractivity contribution in [3.05, 3.63) is 97.2 Å². The lowest BCUT2D eigenvalue weighted by Gasteiger charge is -2.28. The van der Waals surface area contributed by atoms with Crippen LogP contribution in [0.1, 0.15) is 232 Å². The minimum atomic E-state index is -4.64. The first-order valence-electron chi connectivity index (χ1n) is 28.9. The number of phosphoric ester groups is 1. The van der Waals surface area contributed by atoms with Crippen LogP contribution in [0.25, 0.3) is 0 Å². The molecular formula is C62H108NO8P. The zero-order valence-corrected chi connectivity index (χ0v) is 47.7. The van der Waals surface area contributed by atoms with Gasteiger partial charge in [0.2, 0.25) is 0 Å². The lowest BCUT2D eigenvalue weighted by molar-refractivity contribution is -0.870. The Labute approximate surface area is 443 Å². The van der Waals surface area contributed by atoms with Crippen molar-refractivity contribution in [3.63, 3.8) is 0 Å². The number of carbonyl (C=O) groups excluding carboxylic acids is 2. The smallest absolute Gasteiger partial charge is 0.306 e. The van der Waals surface area contributed by atoms with Gasteiger partial charge in [-0.15, -0.1) is 0 Å². The monoisotopic (exact) mass is 1030 g/mol. The highest BCUT2D eigenvalue weighted by Crippen LogP contribution is 2.38. The van der Waals surface area contributed by atoms with Crippen LogP contribution in [0.4, 0.5) is 0 Å². The minimum absolute atomic E-state index is 0.0360. The number of carbonyl (C=O) groups is 2. The summed E-state index contributed by atoms with van der Waals surface area (Å²) in [6.45, 7) is 4.01. The van der Waals surface area contributed by atoms with Crippen molar-refractivity contribution in [3.8, 4) is 0 Å². The van der Waals surface area contributed by atoms with E-state index in [1.807, 2.05) is 21.1 Å². The second-order valence-corrected chi connectivity index (χ2v) is 21.7. The molecule has 0 saturated carbocycles. The Morgan fingerprint density at radius 1 is 0.431 bits per heavy atom. The number of quaternary nitrogens is 1. The SMILES string of the molecule is CC/C=C\C/C=C\C/C=C\C/C=C\CCCCCCCCCCCCCCC(=O)OC(COC(=O)CCCCCCCCCCCC/C=C\C/C=C\C/C=C\C/C=C\CC)COP(=O)([O-])OCC[N+](C)(C)C. The molecule has 0 fully saturated rings. The highest BCUT2D eigenvalue weighted by Gasteiger charge is 2.21. The second-order valence-electron chi connectivity index (χ2n) is 20.2. The number of esters is 2. The molecule has 0 saturated heterocycles. The average molecular weight is 1030 g/mol. The molecule has 0 amide bonds. The molecule has 0 aromatic rings. The Kier molecular flexibility index (Phi) is 50.5. The molecule has 0 rings (SSSR count). The molecule has 0 radical (unpaired) electrons. The fourth-order valence-corrected chi connectivity index (χ4v) is 8.43. The van der Waals surface area contributed by atoms with Crippen LogP contribution in [0.2, 0.25) is 0 Å². The molecule has 0 bridgehead atoms. The summed E-state index contributed by atoms with van der Waals surface area (Å²) in [6.07, 6.45) is 71.6. The van der Waals surface area contributed by atoms with Gasteiger partial charge in [-0.2, -0.15) is 0 Å². The number of ether oxygens (including phenoxy) is 2. The first kappa shape index (κ1) is 68.9. The summed E-state index contributed by atoms with van der Waals surface area (Å²) in [6, 6.07) is 0. The van der Waals surface area contributed by atoms with E-state index in [0.29, 0.717) is 17.4 Å². The first-order chi connectivity index (χ1) is 35.0. The van der Waals surface area contributed by atoms with Crippen LogP contribution in [0.15, 0.2) is 97.2 Å². The number of rotatable bonds is 52. The van der Waals surface area contributed by atoms with Crippen molar-refractivity contribution in [1.29, 1.82) is 0 Å². The molecule has 0 aromatic carbocycles. The van der Waals surface area contributed by atoms with Gasteiger partial charge in [-0.1, -0.05) is 227 Å². The van der Waals surface area contributed by atoms with Crippen molar-refractivity contribution in [1.82, 2.24) is 0 Å². The summed E-state index contributed by atoms with van der Waals surface area (Å²) in [4.78, 5) is 37.9. The number of hydrogen-bond donors (Lipinski definition) is 0. The van der Waals surface area contributed by atoms with E-state index >= 15 is 0 Å². The summed E-state index contributed by atoms with van der Waals surface area (Å²) in [7, 11) is 1.15. The third-order valence-corrected chi connectivity index (χ3v) is 13.1. The van der Waals surface area contributed by atoms with Gasteiger partial charge in [0.15, 0.2) is 6.10 Å². The molecule has 0 N–H and O–H groups in total. The zero-order chi connectivity index (χ0) is 52.7. The maximum atomic E-state index is 12.8. The van der Waals surface area contributed by atoms with Gasteiger partial charge in [0.05, 0.1) is 27.7 Å². The highest BCUT2D eigenvalue weighted by molar-refractivity contribution is 7.45. The Morgan fingerprint density at radius 2 is 0.750 bits per heavy atom. The van der Waals surface area contributed by atoms with Gasteiger partial charge >= 0.3 is 11.9 Å². The molecule has 2 unspecified atom stereocenters. The third kappa shape index (κ3) is 56.2.